The average Bonchev–Trinajstić information content (AvgIpc) is 2.47. The molecule has 1 aromatic rings. The van der Waals surface area contributed by atoms with Crippen molar-refractivity contribution in [3.05, 3.63) is 23.5 Å². The Kier molecular flexibility index (Phi) is 4.92. The van der Waals surface area contributed by atoms with Crippen LogP contribution < -0.4 is 11.1 Å². The molecule has 2 heterocycles. The van der Waals surface area contributed by atoms with Gasteiger partial charge in [0.1, 0.15) is 0 Å². The molecular formula is C14H22N4O2. The van der Waals surface area contributed by atoms with E-state index in [1.165, 1.54) is 0 Å². The van der Waals surface area contributed by atoms with Gasteiger partial charge in [-0.1, -0.05) is 6.92 Å². The molecule has 3 N–H and O–H groups in total. The molecule has 6 nitrogen and oxygen atoms in total. The van der Waals surface area contributed by atoms with E-state index in [1.54, 1.807) is 19.2 Å². The van der Waals surface area contributed by atoms with Gasteiger partial charge < -0.3 is 15.8 Å². The summed E-state index contributed by atoms with van der Waals surface area (Å²) in [5.41, 5.74) is 7.36. The number of nitrogens with one attached hydrogen (secondary N) is 1. The van der Waals surface area contributed by atoms with Crippen molar-refractivity contribution in [2.75, 3.05) is 38.5 Å². The van der Waals surface area contributed by atoms with Crippen molar-refractivity contribution >= 4 is 11.6 Å². The van der Waals surface area contributed by atoms with Crippen molar-refractivity contribution in [3.8, 4) is 0 Å². The van der Waals surface area contributed by atoms with Crippen LogP contribution in [0.25, 0.3) is 0 Å². The third kappa shape index (κ3) is 3.68. The van der Waals surface area contributed by atoms with E-state index in [9.17, 15) is 4.79 Å². The van der Waals surface area contributed by atoms with Gasteiger partial charge in [-0.15, -0.1) is 0 Å². The minimum atomic E-state index is -0.153. The second kappa shape index (κ2) is 6.67. The lowest BCUT2D eigenvalue weighted by atomic mass is 10.1. The number of nitrogens with two attached hydrogens (primary N) is 1. The van der Waals surface area contributed by atoms with Crippen molar-refractivity contribution in [1.29, 1.82) is 0 Å². The number of likely N-dealkylation sites (N-methyl/N-ethyl adjacent to an activating group) is 1. The molecule has 0 aliphatic carbocycles. The Balaban J connectivity index is 1.90. The lowest BCUT2D eigenvalue weighted by Crippen LogP contribution is -2.47. The van der Waals surface area contributed by atoms with Crippen molar-refractivity contribution in [3.63, 3.8) is 0 Å². The molecule has 0 radical (unpaired) electrons. The van der Waals surface area contributed by atoms with Crippen molar-refractivity contribution in [2.24, 2.45) is 0 Å². The first-order valence-corrected chi connectivity index (χ1v) is 6.94. The molecule has 2 rings (SSSR count). The number of pyridine rings is 1. The highest BCUT2D eigenvalue weighted by atomic mass is 16.5. The summed E-state index contributed by atoms with van der Waals surface area (Å²) in [6.45, 7) is 7.96. The normalized spacial score (nSPS) is 19.8. The predicted octanol–water partition coefficient (Wildman–Crippen LogP) is 0.423. The van der Waals surface area contributed by atoms with Crippen LogP contribution in [0.4, 0.5) is 5.69 Å². The van der Waals surface area contributed by atoms with E-state index in [4.69, 9.17) is 10.5 Å². The second-order valence-electron chi connectivity index (χ2n) is 5.00. The lowest BCUT2D eigenvalue weighted by Gasteiger charge is -2.32. The molecule has 1 amide bonds. The third-order valence-electron chi connectivity index (χ3n) is 3.51. The number of aryl methyl sites for hydroxylation is 1. The summed E-state index contributed by atoms with van der Waals surface area (Å²) in [7, 11) is 0. The zero-order valence-electron chi connectivity index (χ0n) is 12.1. The first kappa shape index (κ1) is 14.7. The van der Waals surface area contributed by atoms with Gasteiger partial charge in [0.05, 0.1) is 35.9 Å². The van der Waals surface area contributed by atoms with Gasteiger partial charge in [0, 0.05) is 19.6 Å². The van der Waals surface area contributed by atoms with Crippen molar-refractivity contribution in [1.82, 2.24) is 15.2 Å². The molecular weight excluding hydrogens is 256 g/mol. The molecule has 1 atom stereocenters. The van der Waals surface area contributed by atoms with E-state index in [2.05, 4.69) is 22.1 Å². The minimum absolute atomic E-state index is 0.0435. The van der Waals surface area contributed by atoms with E-state index >= 15 is 0 Å². The Morgan fingerprint density at radius 3 is 3.20 bits per heavy atom. The second-order valence-corrected chi connectivity index (χ2v) is 5.00. The van der Waals surface area contributed by atoms with Crippen LogP contribution in [0.3, 0.4) is 0 Å². The first-order valence-electron chi connectivity index (χ1n) is 6.94. The fraction of sp³-hybridized carbons (Fsp3) is 0.571. The standard InChI is InChI=1S/C14H22N4O2/c1-3-18-4-5-20-12(9-18)8-17-14(19)13-6-11(15)7-16-10(13)2/h6-7,12H,3-5,8-9,15H2,1-2H3,(H,17,19). The zero-order chi connectivity index (χ0) is 14.5. The van der Waals surface area contributed by atoms with E-state index in [-0.39, 0.29) is 12.0 Å². The van der Waals surface area contributed by atoms with Gasteiger partial charge in [-0.3, -0.25) is 14.7 Å². The summed E-state index contributed by atoms with van der Waals surface area (Å²) in [6, 6.07) is 1.65. The highest BCUT2D eigenvalue weighted by Gasteiger charge is 2.20. The number of hydrogen-bond acceptors (Lipinski definition) is 5. The number of rotatable bonds is 4. The maximum Gasteiger partial charge on any atom is 0.253 e. The lowest BCUT2D eigenvalue weighted by molar-refractivity contribution is -0.0246. The summed E-state index contributed by atoms with van der Waals surface area (Å²) >= 11 is 0. The summed E-state index contributed by atoms with van der Waals surface area (Å²) in [4.78, 5) is 18.5. The van der Waals surface area contributed by atoms with E-state index in [1.807, 2.05) is 0 Å². The van der Waals surface area contributed by atoms with Crippen LogP contribution in [0.15, 0.2) is 12.3 Å². The molecule has 0 spiro atoms. The van der Waals surface area contributed by atoms with Crippen LogP contribution in [-0.2, 0) is 4.74 Å². The zero-order valence-corrected chi connectivity index (χ0v) is 12.1. The highest BCUT2D eigenvalue weighted by Crippen LogP contribution is 2.10. The molecule has 1 unspecified atom stereocenters. The smallest absolute Gasteiger partial charge is 0.253 e. The van der Waals surface area contributed by atoms with Crippen LogP contribution in [0, 0.1) is 6.92 Å². The SMILES string of the molecule is CCN1CCOC(CNC(=O)c2cc(N)cnc2C)C1. The number of hydrogen-bond donors (Lipinski definition) is 2. The molecule has 0 saturated carbocycles. The number of morpholine rings is 1. The maximum absolute atomic E-state index is 12.1. The van der Waals surface area contributed by atoms with Gasteiger partial charge in [0.2, 0.25) is 0 Å². The number of nitrogens with zero attached hydrogens (tertiary/aromatic N) is 2. The fourth-order valence-electron chi connectivity index (χ4n) is 2.27. The molecule has 1 aromatic heterocycles. The summed E-state index contributed by atoms with van der Waals surface area (Å²) in [5, 5.41) is 2.90. The Morgan fingerprint density at radius 1 is 1.65 bits per heavy atom. The van der Waals surface area contributed by atoms with Crippen LogP contribution in [-0.4, -0.2) is 54.7 Å². The van der Waals surface area contributed by atoms with E-state index < -0.39 is 0 Å². The van der Waals surface area contributed by atoms with Gasteiger partial charge in [0.25, 0.3) is 5.91 Å². The Morgan fingerprint density at radius 2 is 2.45 bits per heavy atom. The summed E-state index contributed by atoms with van der Waals surface area (Å²) < 4.78 is 5.65. The topological polar surface area (TPSA) is 80.5 Å². The van der Waals surface area contributed by atoms with Crippen molar-refractivity contribution in [2.45, 2.75) is 20.0 Å². The monoisotopic (exact) mass is 278 g/mol. The first-order chi connectivity index (χ1) is 9.60. The fourth-order valence-corrected chi connectivity index (χ4v) is 2.27. The summed E-state index contributed by atoms with van der Waals surface area (Å²) in [6.07, 6.45) is 1.59. The molecule has 110 valence electrons. The maximum atomic E-state index is 12.1. The van der Waals surface area contributed by atoms with Gasteiger partial charge in [-0.05, 0) is 19.5 Å². The Labute approximate surface area is 119 Å². The predicted molar refractivity (Wildman–Crippen MR) is 77.6 cm³/mol. The van der Waals surface area contributed by atoms with Gasteiger partial charge in [0.15, 0.2) is 0 Å². The molecule has 1 aliphatic rings. The molecule has 1 fully saturated rings. The van der Waals surface area contributed by atoms with Gasteiger partial charge in [-0.2, -0.15) is 0 Å². The molecule has 6 heteroatoms. The summed E-state index contributed by atoms with van der Waals surface area (Å²) in [5.74, 6) is -0.153. The van der Waals surface area contributed by atoms with E-state index in [0.29, 0.717) is 30.1 Å². The quantitative estimate of drug-likeness (QED) is 0.834. The molecule has 1 aliphatic heterocycles. The molecule has 20 heavy (non-hydrogen) atoms. The highest BCUT2D eigenvalue weighted by molar-refractivity contribution is 5.95. The van der Waals surface area contributed by atoms with Crippen molar-refractivity contribution < 1.29 is 9.53 Å². The minimum Gasteiger partial charge on any atom is -0.397 e. The largest absolute Gasteiger partial charge is 0.397 e. The van der Waals surface area contributed by atoms with Crippen LogP contribution in [0.2, 0.25) is 0 Å². The Hall–Kier alpha value is -1.66. The number of ether oxygens (including phenoxy) is 1. The average molecular weight is 278 g/mol. The number of carbonyl (C=O) groups is 1. The van der Waals surface area contributed by atoms with Gasteiger partial charge >= 0.3 is 0 Å². The van der Waals surface area contributed by atoms with Crippen LogP contribution in [0.1, 0.15) is 23.0 Å². The number of amides is 1. The Bertz CT molecular complexity index is 478. The number of nitrogen functional groups attached to an aromatic ring is 1. The van der Waals surface area contributed by atoms with E-state index in [0.717, 1.165) is 19.6 Å². The van der Waals surface area contributed by atoms with Crippen LogP contribution in [0.5, 0.6) is 0 Å². The third-order valence-corrected chi connectivity index (χ3v) is 3.51. The number of aromatic nitrogens is 1. The van der Waals surface area contributed by atoms with Gasteiger partial charge in [-0.25, -0.2) is 0 Å². The number of anilines is 1. The van der Waals surface area contributed by atoms with Crippen LogP contribution >= 0.6 is 0 Å². The number of carbonyl (C=O) groups excluding carboxylic acids is 1. The molecule has 1 saturated heterocycles. The molecule has 0 bridgehead atoms. The molecule has 0 aromatic carbocycles.